The molecule has 0 rings (SSSR count). The fraction of sp³-hybridized carbons (Fsp3) is 1.00. The first kappa shape index (κ1) is 28.9. The molecule has 0 aromatic heterocycles. The number of halogens is 1. The third kappa shape index (κ3) is 19.4. The average molecular weight is 484 g/mol. The number of hydrogen-bond donors (Lipinski definition) is 1. The van der Waals surface area contributed by atoms with Gasteiger partial charge in [-0.1, -0.05) is 90.9 Å². The lowest BCUT2D eigenvalue weighted by atomic mass is 10.1. The van der Waals surface area contributed by atoms with E-state index in [1.807, 2.05) is 0 Å². The van der Waals surface area contributed by atoms with Crippen molar-refractivity contribution < 1.29 is 33.6 Å². The van der Waals surface area contributed by atoms with E-state index in [-0.39, 0.29) is 24.0 Å². The molecule has 0 heterocycles. The normalized spacial score (nSPS) is 11.5. The van der Waals surface area contributed by atoms with E-state index in [9.17, 15) is 5.11 Å². The van der Waals surface area contributed by atoms with E-state index >= 15 is 0 Å². The molecule has 3 heteroatoms. The van der Waals surface area contributed by atoms with Crippen molar-refractivity contribution in [2.45, 2.75) is 117 Å². The molecule has 0 spiro atoms. The number of rotatable bonds is 20. The second-order valence-corrected chi connectivity index (χ2v) is 8.46. The summed E-state index contributed by atoms with van der Waals surface area (Å²) < 4.78 is 1.09. The molecule has 0 atom stereocenters. The molecule has 0 saturated carbocycles. The number of unbranched alkanes of at least 4 members (excludes halogenated alkanes) is 14. The van der Waals surface area contributed by atoms with Crippen molar-refractivity contribution in [1.82, 2.24) is 0 Å². The third-order valence-corrected chi connectivity index (χ3v) is 5.74. The molecule has 0 amide bonds. The van der Waals surface area contributed by atoms with E-state index in [2.05, 4.69) is 20.9 Å². The minimum atomic E-state index is 0. The van der Waals surface area contributed by atoms with Crippen LogP contribution in [0.1, 0.15) is 117 Å². The summed E-state index contributed by atoms with van der Waals surface area (Å²) in [6.07, 6.45) is 22.3. The summed E-state index contributed by atoms with van der Waals surface area (Å²) in [5.41, 5.74) is 0. The van der Waals surface area contributed by atoms with Crippen LogP contribution in [0.15, 0.2) is 0 Å². The van der Waals surface area contributed by atoms with E-state index in [0.29, 0.717) is 6.61 Å². The van der Waals surface area contributed by atoms with Crippen LogP contribution in [0.4, 0.5) is 0 Å². The quantitative estimate of drug-likeness (QED) is 0.159. The first-order valence-electron chi connectivity index (χ1n) is 11.6. The highest BCUT2D eigenvalue weighted by molar-refractivity contribution is 4.50. The molecule has 0 aromatic rings. The first-order valence-corrected chi connectivity index (χ1v) is 11.6. The molecular formula is C23H50INO. The predicted octanol–water partition coefficient (Wildman–Crippen LogP) is 3.71. The predicted molar refractivity (Wildman–Crippen MR) is 113 cm³/mol. The largest absolute Gasteiger partial charge is 1.00 e. The zero-order valence-corrected chi connectivity index (χ0v) is 20.6. The number of hydrogen-bond acceptors (Lipinski definition) is 1. The Hall–Kier alpha value is 0.650. The molecule has 0 aromatic carbocycles. The maximum Gasteiger partial charge on any atom is 0.102 e. The van der Waals surface area contributed by atoms with Crippen LogP contribution in [0.25, 0.3) is 0 Å². The van der Waals surface area contributed by atoms with Gasteiger partial charge in [0.1, 0.15) is 6.54 Å². The van der Waals surface area contributed by atoms with Crippen LogP contribution in [-0.4, -0.2) is 42.9 Å². The Morgan fingerprint density at radius 1 is 0.500 bits per heavy atom. The topological polar surface area (TPSA) is 20.2 Å². The smallest absolute Gasteiger partial charge is 0.102 e. The summed E-state index contributed by atoms with van der Waals surface area (Å²) in [6, 6.07) is 0. The van der Waals surface area contributed by atoms with E-state index in [4.69, 9.17) is 0 Å². The van der Waals surface area contributed by atoms with Crippen molar-refractivity contribution in [3.05, 3.63) is 0 Å². The average Bonchev–Trinajstić information content (AvgIpc) is 2.60. The van der Waals surface area contributed by atoms with Gasteiger partial charge in [0, 0.05) is 0 Å². The maximum atomic E-state index is 9.43. The van der Waals surface area contributed by atoms with Gasteiger partial charge in [-0.05, 0) is 25.7 Å². The molecule has 0 aliphatic rings. The van der Waals surface area contributed by atoms with Gasteiger partial charge in [0.05, 0.1) is 26.7 Å². The van der Waals surface area contributed by atoms with Crippen LogP contribution in [-0.2, 0) is 0 Å². The second kappa shape index (κ2) is 21.9. The maximum absolute atomic E-state index is 9.43. The monoisotopic (exact) mass is 483 g/mol. The van der Waals surface area contributed by atoms with Crippen LogP contribution in [0.5, 0.6) is 0 Å². The summed E-state index contributed by atoms with van der Waals surface area (Å²) in [7, 11) is 2.36. The molecule has 26 heavy (non-hydrogen) atoms. The third-order valence-electron chi connectivity index (χ3n) is 5.74. The molecule has 160 valence electrons. The van der Waals surface area contributed by atoms with Crippen LogP contribution >= 0.6 is 0 Å². The SMILES string of the molecule is CCCCCCCCCC[N+](C)(CCO)CCCCCCCCCC.[I-]. The molecule has 1 N–H and O–H groups in total. The fourth-order valence-corrected chi connectivity index (χ4v) is 3.83. The summed E-state index contributed by atoms with van der Waals surface area (Å²) in [5, 5.41) is 9.43. The highest BCUT2D eigenvalue weighted by Crippen LogP contribution is 2.14. The Labute approximate surface area is 183 Å². The van der Waals surface area contributed by atoms with E-state index < -0.39 is 0 Å². The summed E-state index contributed by atoms with van der Waals surface area (Å²) in [5.74, 6) is 0. The Balaban J connectivity index is 0. The van der Waals surface area contributed by atoms with Gasteiger partial charge in [0.25, 0.3) is 0 Å². The first-order chi connectivity index (χ1) is 12.2. The van der Waals surface area contributed by atoms with Crippen molar-refractivity contribution in [2.24, 2.45) is 0 Å². The molecule has 0 aliphatic carbocycles. The number of aliphatic hydroxyl groups is 1. The fourth-order valence-electron chi connectivity index (χ4n) is 3.83. The van der Waals surface area contributed by atoms with Gasteiger partial charge >= 0.3 is 0 Å². The van der Waals surface area contributed by atoms with E-state index in [1.54, 1.807) is 0 Å². The van der Waals surface area contributed by atoms with Crippen LogP contribution in [0, 0.1) is 0 Å². The van der Waals surface area contributed by atoms with Crippen molar-refractivity contribution in [1.29, 1.82) is 0 Å². The minimum Gasteiger partial charge on any atom is -1.00 e. The highest BCUT2D eigenvalue weighted by atomic mass is 127. The lowest BCUT2D eigenvalue weighted by molar-refractivity contribution is -0.910. The van der Waals surface area contributed by atoms with Gasteiger partial charge in [0.15, 0.2) is 0 Å². The molecule has 0 aliphatic heterocycles. The molecular weight excluding hydrogens is 433 g/mol. The number of nitrogens with zero attached hydrogens (tertiary/aromatic N) is 1. The van der Waals surface area contributed by atoms with Crippen LogP contribution in [0.3, 0.4) is 0 Å². The lowest BCUT2D eigenvalue weighted by Crippen LogP contribution is -3.00. The van der Waals surface area contributed by atoms with Crippen LogP contribution < -0.4 is 24.0 Å². The Morgan fingerprint density at radius 3 is 1.12 bits per heavy atom. The van der Waals surface area contributed by atoms with Gasteiger partial charge in [-0.2, -0.15) is 0 Å². The van der Waals surface area contributed by atoms with Crippen molar-refractivity contribution >= 4 is 0 Å². The molecule has 0 unspecified atom stereocenters. The zero-order chi connectivity index (χ0) is 18.6. The Bertz CT molecular complexity index is 241. The van der Waals surface area contributed by atoms with E-state index in [1.165, 1.54) is 116 Å². The van der Waals surface area contributed by atoms with Crippen LogP contribution in [0.2, 0.25) is 0 Å². The Morgan fingerprint density at radius 2 is 0.808 bits per heavy atom. The lowest BCUT2D eigenvalue weighted by Gasteiger charge is -2.34. The molecule has 0 bridgehead atoms. The minimum absolute atomic E-state index is 0. The Kier molecular flexibility index (Phi) is 24.4. The summed E-state index contributed by atoms with van der Waals surface area (Å²) in [6.45, 7) is 8.36. The van der Waals surface area contributed by atoms with Crippen molar-refractivity contribution in [3.63, 3.8) is 0 Å². The molecule has 2 nitrogen and oxygen atoms in total. The van der Waals surface area contributed by atoms with Gasteiger partial charge in [-0.25, -0.2) is 0 Å². The van der Waals surface area contributed by atoms with Gasteiger partial charge in [-0.15, -0.1) is 0 Å². The molecule has 0 radical (unpaired) electrons. The number of aliphatic hydroxyl groups excluding tert-OH is 1. The van der Waals surface area contributed by atoms with E-state index in [0.717, 1.165) is 11.0 Å². The van der Waals surface area contributed by atoms with Gasteiger partial charge in [-0.3, -0.25) is 0 Å². The highest BCUT2D eigenvalue weighted by Gasteiger charge is 2.19. The van der Waals surface area contributed by atoms with Crippen molar-refractivity contribution in [3.8, 4) is 0 Å². The summed E-state index contributed by atoms with van der Waals surface area (Å²) >= 11 is 0. The second-order valence-electron chi connectivity index (χ2n) is 8.46. The number of likely N-dealkylation sites (N-methyl/N-ethyl adjacent to an activating group) is 1. The molecule has 0 saturated heterocycles. The summed E-state index contributed by atoms with van der Waals surface area (Å²) in [4.78, 5) is 0. The van der Waals surface area contributed by atoms with Gasteiger partial charge in [0.2, 0.25) is 0 Å². The standard InChI is InChI=1S/C23H50NO.HI/c1-4-6-8-10-12-14-16-18-20-24(3,22-23-25)21-19-17-15-13-11-9-7-5-2;/h25H,4-23H2,1-3H3;1H/q+1;/p-1. The van der Waals surface area contributed by atoms with Crippen molar-refractivity contribution in [2.75, 3.05) is 33.3 Å². The number of quaternary nitrogens is 1. The van der Waals surface area contributed by atoms with Gasteiger partial charge < -0.3 is 33.6 Å². The molecule has 0 fully saturated rings. The zero-order valence-electron chi connectivity index (χ0n) is 18.4.